The minimum Gasteiger partial charge on any atom is -0.370 e. The summed E-state index contributed by atoms with van der Waals surface area (Å²) < 4.78 is 9.49. The molecular weight excluding hydrogens is 326 g/mol. The zero-order chi connectivity index (χ0) is 18.3. The van der Waals surface area contributed by atoms with Crippen LogP contribution in [0.1, 0.15) is 25.7 Å². The van der Waals surface area contributed by atoms with E-state index in [0.717, 1.165) is 17.7 Å². The van der Waals surface area contributed by atoms with Crippen LogP contribution in [0.4, 0.5) is 0 Å². The van der Waals surface area contributed by atoms with E-state index in [9.17, 15) is 14.4 Å². The number of morpholine rings is 1. The van der Waals surface area contributed by atoms with E-state index in [1.807, 2.05) is 0 Å². The molecule has 1 saturated heterocycles. The number of rotatable bonds is 4. The van der Waals surface area contributed by atoms with Crippen LogP contribution in [-0.2, 0) is 30.2 Å². The molecule has 9 nitrogen and oxygen atoms in total. The molecule has 0 saturated carbocycles. The molecule has 0 amide bonds. The van der Waals surface area contributed by atoms with Gasteiger partial charge in [0.25, 0.3) is 5.56 Å². The summed E-state index contributed by atoms with van der Waals surface area (Å²) in [6.45, 7) is 6.87. The van der Waals surface area contributed by atoms with Crippen molar-refractivity contribution < 1.29 is 14.4 Å². The lowest BCUT2D eigenvalue weighted by Gasteiger charge is -2.24. The molecule has 2 aromatic rings. The maximum atomic E-state index is 12.7. The van der Waals surface area contributed by atoms with Crippen molar-refractivity contribution in [2.24, 2.45) is 14.1 Å². The van der Waals surface area contributed by atoms with Crippen LogP contribution in [0.25, 0.3) is 11.2 Å². The van der Waals surface area contributed by atoms with Crippen molar-refractivity contribution in [2.75, 3.05) is 26.3 Å². The summed E-state index contributed by atoms with van der Waals surface area (Å²) in [5.41, 5.74) is -0.233. The minimum absolute atomic E-state index is 0.0616. The van der Waals surface area contributed by atoms with Gasteiger partial charge in [0.15, 0.2) is 22.8 Å². The first-order valence-electron chi connectivity index (χ1n) is 8.41. The van der Waals surface area contributed by atoms with E-state index in [2.05, 4.69) is 4.98 Å². The Morgan fingerprint density at radius 3 is 2.48 bits per heavy atom. The van der Waals surface area contributed by atoms with Crippen molar-refractivity contribution >= 4 is 16.9 Å². The van der Waals surface area contributed by atoms with Gasteiger partial charge in [-0.1, -0.05) is 0 Å². The quantitative estimate of drug-likeness (QED) is 0.688. The molecule has 25 heavy (non-hydrogen) atoms. The number of nitrogens with zero attached hydrogens (tertiary/aromatic N) is 4. The molecule has 3 heterocycles. The molecule has 0 aliphatic carbocycles. The second-order valence-electron chi connectivity index (χ2n) is 6.60. The van der Waals surface area contributed by atoms with Gasteiger partial charge < -0.3 is 14.2 Å². The van der Waals surface area contributed by atoms with Gasteiger partial charge in [0.05, 0.1) is 19.3 Å². The number of hydrogen-bond acceptors (Lipinski definition) is 5. The van der Waals surface area contributed by atoms with Crippen molar-refractivity contribution in [1.29, 1.82) is 0 Å². The van der Waals surface area contributed by atoms with Gasteiger partial charge in [-0.25, -0.2) is 9.78 Å². The lowest BCUT2D eigenvalue weighted by atomic mass is 10.2. The highest BCUT2D eigenvalue weighted by Gasteiger charge is 2.27. The van der Waals surface area contributed by atoms with Crippen LogP contribution in [0.5, 0.6) is 0 Å². The number of carbonyl (C=O) groups excluding carboxylic acids is 1. The van der Waals surface area contributed by atoms with Crippen molar-refractivity contribution in [1.82, 2.24) is 18.7 Å². The number of hydrogen-bond donors (Lipinski definition) is 1. The summed E-state index contributed by atoms with van der Waals surface area (Å²) >= 11 is 0. The first kappa shape index (κ1) is 17.6. The normalized spacial score (nSPS) is 17.1. The minimum atomic E-state index is -0.523. The summed E-state index contributed by atoms with van der Waals surface area (Å²) in [6, 6.07) is -0.523. The third kappa shape index (κ3) is 2.93. The number of ether oxygens (including phenoxy) is 1. The molecule has 1 unspecified atom stereocenters. The van der Waals surface area contributed by atoms with E-state index >= 15 is 0 Å². The maximum absolute atomic E-state index is 12.7. The molecule has 2 aromatic heterocycles. The first-order chi connectivity index (χ1) is 11.8. The molecule has 1 aliphatic heterocycles. The number of ketones is 1. The molecule has 3 rings (SSSR count). The van der Waals surface area contributed by atoms with Gasteiger partial charge >= 0.3 is 5.69 Å². The topological polar surface area (TPSA) is 92.6 Å². The highest BCUT2D eigenvalue weighted by atomic mass is 16.5. The molecule has 0 radical (unpaired) electrons. The zero-order valence-electron chi connectivity index (χ0n) is 15.0. The Morgan fingerprint density at radius 1 is 1.24 bits per heavy atom. The van der Waals surface area contributed by atoms with E-state index < -0.39 is 17.3 Å². The first-order valence-corrected chi connectivity index (χ1v) is 8.41. The highest BCUT2D eigenvalue weighted by Crippen LogP contribution is 2.18. The summed E-state index contributed by atoms with van der Waals surface area (Å²) in [5.74, 6) is 0.585. The molecule has 136 valence electrons. The average Bonchev–Trinajstić information content (AvgIpc) is 2.97. The van der Waals surface area contributed by atoms with Gasteiger partial charge in [0.1, 0.15) is 19.6 Å². The zero-order valence-corrected chi connectivity index (χ0v) is 15.0. The Morgan fingerprint density at radius 2 is 1.88 bits per heavy atom. The number of nitrogens with one attached hydrogen (secondary N) is 1. The summed E-state index contributed by atoms with van der Waals surface area (Å²) in [5, 5.41) is 0. The van der Waals surface area contributed by atoms with Crippen molar-refractivity contribution in [3.8, 4) is 0 Å². The monoisotopic (exact) mass is 350 g/mol. The van der Waals surface area contributed by atoms with E-state index in [-0.39, 0.29) is 5.78 Å². The Bertz CT molecular complexity index is 933. The number of aryl methyl sites for hydroxylation is 1. The number of carbonyl (C=O) groups is 1. The van der Waals surface area contributed by atoms with Crippen molar-refractivity contribution in [2.45, 2.75) is 26.4 Å². The third-order valence-electron chi connectivity index (χ3n) is 4.95. The van der Waals surface area contributed by atoms with Crippen LogP contribution >= 0.6 is 0 Å². The van der Waals surface area contributed by atoms with E-state index in [0.29, 0.717) is 36.7 Å². The lowest BCUT2D eigenvalue weighted by molar-refractivity contribution is -0.922. The van der Waals surface area contributed by atoms with Gasteiger partial charge in [-0.15, -0.1) is 0 Å². The van der Waals surface area contributed by atoms with E-state index in [4.69, 9.17) is 4.74 Å². The fraction of sp³-hybridized carbons (Fsp3) is 0.625. The Balaban J connectivity index is 2.24. The van der Waals surface area contributed by atoms with E-state index in [1.54, 1.807) is 18.5 Å². The Labute approximate surface area is 144 Å². The maximum Gasteiger partial charge on any atom is 0.332 e. The molecule has 0 bridgehead atoms. The van der Waals surface area contributed by atoms with Gasteiger partial charge in [-0.3, -0.25) is 18.7 Å². The number of fused-ring (bicyclic) bond motifs is 1. The fourth-order valence-corrected chi connectivity index (χ4v) is 3.24. The highest BCUT2D eigenvalue weighted by molar-refractivity contribution is 5.82. The molecule has 0 spiro atoms. The lowest BCUT2D eigenvalue weighted by Crippen LogP contribution is -3.12. The smallest absolute Gasteiger partial charge is 0.332 e. The number of aromatic nitrogens is 4. The SMILES string of the molecule is CC(=O)C(C)n1c(C[NH+]2CCOCC2)nc2c1c(=O)n(C)c(=O)n2C. The predicted octanol–water partition coefficient (Wildman–Crippen LogP) is -2.00. The van der Waals surface area contributed by atoms with Crippen LogP contribution in [0.2, 0.25) is 0 Å². The van der Waals surface area contributed by atoms with Gasteiger partial charge in [0, 0.05) is 14.1 Å². The van der Waals surface area contributed by atoms with Crippen LogP contribution in [-0.4, -0.2) is 50.8 Å². The summed E-state index contributed by atoms with van der Waals surface area (Å²) in [7, 11) is 3.03. The summed E-state index contributed by atoms with van der Waals surface area (Å²) in [6.07, 6.45) is 0. The second-order valence-corrected chi connectivity index (χ2v) is 6.60. The van der Waals surface area contributed by atoms with Crippen molar-refractivity contribution in [3.05, 3.63) is 26.7 Å². The van der Waals surface area contributed by atoms with Crippen LogP contribution < -0.4 is 16.1 Å². The largest absolute Gasteiger partial charge is 0.370 e. The number of Topliss-reactive ketones (excluding diaryl/α,β-unsaturated/α-hetero) is 1. The Kier molecular flexibility index (Phi) is 4.61. The number of imidazole rings is 1. The van der Waals surface area contributed by atoms with Crippen LogP contribution in [0.15, 0.2) is 9.59 Å². The third-order valence-corrected chi connectivity index (χ3v) is 4.95. The van der Waals surface area contributed by atoms with Gasteiger partial charge in [-0.2, -0.15) is 0 Å². The molecule has 9 heteroatoms. The van der Waals surface area contributed by atoms with Crippen LogP contribution in [0, 0.1) is 0 Å². The molecule has 0 aromatic carbocycles. The molecular formula is C16H24N5O4+. The predicted molar refractivity (Wildman–Crippen MR) is 90.8 cm³/mol. The Hall–Kier alpha value is -2.26. The standard InChI is InChI=1S/C16H23N5O4/c1-10(11(2)22)21-12(9-20-5-7-25-8-6-20)17-14-13(21)15(23)19(4)16(24)18(14)3/h10H,5-9H2,1-4H3/p+1. The summed E-state index contributed by atoms with van der Waals surface area (Å²) in [4.78, 5) is 42.8. The van der Waals surface area contributed by atoms with Gasteiger partial charge in [-0.05, 0) is 13.8 Å². The molecule has 1 fully saturated rings. The molecule has 1 aliphatic rings. The van der Waals surface area contributed by atoms with Crippen molar-refractivity contribution in [3.63, 3.8) is 0 Å². The average molecular weight is 350 g/mol. The van der Waals surface area contributed by atoms with E-state index in [1.165, 1.54) is 23.4 Å². The molecule has 1 atom stereocenters. The van der Waals surface area contributed by atoms with Crippen LogP contribution in [0.3, 0.4) is 0 Å². The second kappa shape index (κ2) is 6.57. The number of quaternary nitrogens is 1. The fourth-order valence-electron chi connectivity index (χ4n) is 3.24. The van der Waals surface area contributed by atoms with Gasteiger partial charge in [0.2, 0.25) is 0 Å². The molecule has 1 N–H and O–H groups in total.